The molecule has 2 bridgehead atoms. The zero-order chi connectivity index (χ0) is 15.8. The van der Waals surface area contributed by atoms with Gasteiger partial charge in [0.1, 0.15) is 5.69 Å². The molecular formula is C17H19BrN4O. The van der Waals surface area contributed by atoms with Gasteiger partial charge in [-0.25, -0.2) is 4.98 Å². The van der Waals surface area contributed by atoms with Crippen LogP contribution in [0.25, 0.3) is 10.9 Å². The number of nitrogens with zero attached hydrogens (tertiary/aromatic N) is 2. The number of carbonyl (C=O) groups is 1. The van der Waals surface area contributed by atoms with E-state index in [2.05, 4.69) is 36.5 Å². The molecule has 1 saturated heterocycles. The molecule has 1 saturated carbocycles. The highest BCUT2D eigenvalue weighted by Crippen LogP contribution is 2.30. The number of amides is 1. The number of nitrogens with one attached hydrogen (secondary N) is 2. The van der Waals surface area contributed by atoms with Gasteiger partial charge in [0.2, 0.25) is 0 Å². The lowest BCUT2D eigenvalue weighted by Gasteiger charge is -2.41. The third-order valence-electron chi connectivity index (χ3n) is 5.02. The van der Waals surface area contributed by atoms with E-state index in [4.69, 9.17) is 0 Å². The van der Waals surface area contributed by atoms with Gasteiger partial charge in [0.05, 0.1) is 9.99 Å². The van der Waals surface area contributed by atoms with Crippen LogP contribution in [0.4, 0.5) is 0 Å². The molecule has 5 nitrogen and oxygen atoms in total. The first-order valence-electron chi connectivity index (χ1n) is 8.15. The van der Waals surface area contributed by atoms with Crippen LogP contribution in [0.15, 0.2) is 29.0 Å². The molecule has 3 unspecified atom stereocenters. The second kappa shape index (κ2) is 6.17. The van der Waals surface area contributed by atoms with Crippen LogP contribution in [-0.4, -0.2) is 34.5 Å². The SMILES string of the molecule is O=C(NC1CCC2CCNC1C2)c1ccc2cncc(Br)c2n1. The van der Waals surface area contributed by atoms with E-state index in [0.717, 1.165) is 34.3 Å². The Hall–Kier alpha value is -1.53. The quantitative estimate of drug-likeness (QED) is 0.847. The van der Waals surface area contributed by atoms with Crippen molar-refractivity contribution in [3.05, 3.63) is 34.7 Å². The lowest BCUT2D eigenvalue weighted by molar-refractivity contribution is 0.0883. The molecule has 2 N–H and O–H groups in total. The van der Waals surface area contributed by atoms with Crippen molar-refractivity contribution in [3.63, 3.8) is 0 Å². The molecule has 2 fully saturated rings. The van der Waals surface area contributed by atoms with E-state index < -0.39 is 0 Å². The van der Waals surface area contributed by atoms with Gasteiger partial charge in [-0.1, -0.05) is 0 Å². The van der Waals surface area contributed by atoms with Crippen LogP contribution in [0.5, 0.6) is 0 Å². The van der Waals surface area contributed by atoms with Crippen molar-refractivity contribution in [1.82, 2.24) is 20.6 Å². The standard InChI is InChI=1S/C17H19BrN4O/c18-12-9-19-8-11-2-4-14(21-16(11)12)17(23)22-13-3-1-10-5-6-20-15(13)7-10/h2,4,8-10,13,15,20H,1,3,5-7H2,(H,22,23). The highest BCUT2D eigenvalue weighted by atomic mass is 79.9. The Morgan fingerprint density at radius 3 is 3.09 bits per heavy atom. The van der Waals surface area contributed by atoms with Gasteiger partial charge in [-0.15, -0.1) is 0 Å². The van der Waals surface area contributed by atoms with Crippen molar-refractivity contribution in [2.75, 3.05) is 6.54 Å². The average Bonchev–Trinajstić information content (AvgIpc) is 2.58. The summed E-state index contributed by atoms with van der Waals surface area (Å²) >= 11 is 3.45. The fourth-order valence-corrected chi connectivity index (χ4v) is 4.21. The molecule has 2 aliphatic rings. The van der Waals surface area contributed by atoms with E-state index in [1.807, 2.05) is 6.07 Å². The van der Waals surface area contributed by atoms with E-state index in [1.54, 1.807) is 18.5 Å². The predicted molar refractivity (Wildman–Crippen MR) is 92.2 cm³/mol. The number of hydrogen-bond acceptors (Lipinski definition) is 4. The van der Waals surface area contributed by atoms with Gasteiger partial charge in [0.25, 0.3) is 5.91 Å². The van der Waals surface area contributed by atoms with Crippen LogP contribution in [-0.2, 0) is 0 Å². The van der Waals surface area contributed by atoms with Crippen LogP contribution < -0.4 is 10.6 Å². The molecule has 0 spiro atoms. The largest absolute Gasteiger partial charge is 0.346 e. The topological polar surface area (TPSA) is 66.9 Å². The first kappa shape index (κ1) is 15.0. The smallest absolute Gasteiger partial charge is 0.270 e. The first-order chi connectivity index (χ1) is 11.2. The van der Waals surface area contributed by atoms with Crippen LogP contribution in [0.3, 0.4) is 0 Å². The Bertz CT molecular complexity index is 750. The van der Waals surface area contributed by atoms with E-state index in [0.29, 0.717) is 11.7 Å². The molecule has 0 radical (unpaired) electrons. The van der Waals surface area contributed by atoms with Crippen molar-refractivity contribution in [3.8, 4) is 0 Å². The maximum atomic E-state index is 12.6. The van der Waals surface area contributed by atoms with E-state index >= 15 is 0 Å². The number of carbonyl (C=O) groups excluding carboxylic acids is 1. The lowest BCUT2D eigenvalue weighted by Crippen LogP contribution is -2.56. The summed E-state index contributed by atoms with van der Waals surface area (Å²) < 4.78 is 0.805. The second-order valence-corrected chi connectivity index (χ2v) is 7.35. The summed E-state index contributed by atoms with van der Waals surface area (Å²) in [5.74, 6) is 0.739. The number of hydrogen-bond donors (Lipinski definition) is 2. The monoisotopic (exact) mass is 374 g/mol. The van der Waals surface area contributed by atoms with Gasteiger partial charge in [0.15, 0.2) is 0 Å². The number of piperidine rings is 1. The molecule has 2 aromatic heterocycles. The summed E-state index contributed by atoms with van der Waals surface area (Å²) in [5, 5.41) is 7.65. The van der Waals surface area contributed by atoms with E-state index in [1.165, 1.54) is 19.3 Å². The van der Waals surface area contributed by atoms with Crippen LogP contribution in [0, 0.1) is 5.92 Å². The van der Waals surface area contributed by atoms with Crippen molar-refractivity contribution in [2.24, 2.45) is 5.92 Å². The summed E-state index contributed by atoms with van der Waals surface area (Å²) in [4.78, 5) is 21.2. The molecule has 3 heterocycles. The Balaban J connectivity index is 1.53. The van der Waals surface area contributed by atoms with Crippen LogP contribution >= 0.6 is 15.9 Å². The van der Waals surface area contributed by atoms with Crippen LogP contribution in [0.1, 0.15) is 36.2 Å². The summed E-state index contributed by atoms with van der Waals surface area (Å²) in [6.45, 7) is 1.07. The normalized spacial score (nSPS) is 26.9. The third-order valence-corrected chi connectivity index (χ3v) is 5.60. The minimum absolute atomic E-state index is 0.0913. The predicted octanol–water partition coefficient (Wildman–Crippen LogP) is 2.65. The van der Waals surface area contributed by atoms with E-state index in [-0.39, 0.29) is 11.9 Å². The molecule has 1 amide bonds. The van der Waals surface area contributed by atoms with Gasteiger partial charge >= 0.3 is 0 Å². The molecule has 120 valence electrons. The highest BCUT2D eigenvalue weighted by molar-refractivity contribution is 9.10. The van der Waals surface area contributed by atoms with Gasteiger partial charge < -0.3 is 10.6 Å². The zero-order valence-corrected chi connectivity index (χ0v) is 14.3. The van der Waals surface area contributed by atoms with Gasteiger partial charge in [-0.2, -0.15) is 0 Å². The molecule has 3 atom stereocenters. The Morgan fingerprint density at radius 2 is 2.17 bits per heavy atom. The minimum atomic E-state index is -0.0913. The summed E-state index contributed by atoms with van der Waals surface area (Å²) in [5.41, 5.74) is 1.23. The number of pyridine rings is 2. The number of halogens is 1. The molecular weight excluding hydrogens is 356 g/mol. The Labute approximate surface area is 143 Å². The van der Waals surface area contributed by atoms with Gasteiger partial charge in [-0.05, 0) is 66.2 Å². The van der Waals surface area contributed by atoms with Gasteiger partial charge in [0, 0.05) is 29.9 Å². The summed E-state index contributed by atoms with van der Waals surface area (Å²) in [7, 11) is 0. The second-order valence-electron chi connectivity index (χ2n) is 6.50. The third kappa shape index (κ3) is 2.97. The lowest BCUT2D eigenvalue weighted by atomic mass is 9.78. The number of rotatable bonds is 2. The Morgan fingerprint density at radius 1 is 1.26 bits per heavy atom. The fourth-order valence-electron chi connectivity index (χ4n) is 3.77. The van der Waals surface area contributed by atoms with Crippen molar-refractivity contribution in [1.29, 1.82) is 0 Å². The maximum Gasteiger partial charge on any atom is 0.270 e. The van der Waals surface area contributed by atoms with Crippen molar-refractivity contribution >= 4 is 32.7 Å². The van der Waals surface area contributed by atoms with Crippen molar-refractivity contribution < 1.29 is 4.79 Å². The fraction of sp³-hybridized carbons (Fsp3) is 0.471. The molecule has 1 aliphatic carbocycles. The van der Waals surface area contributed by atoms with Gasteiger partial charge in [-0.3, -0.25) is 9.78 Å². The molecule has 6 heteroatoms. The molecule has 1 aliphatic heterocycles. The number of fused-ring (bicyclic) bond motifs is 3. The molecule has 23 heavy (non-hydrogen) atoms. The number of aromatic nitrogens is 2. The molecule has 0 aromatic carbocycles. The molecule has 2 aromatic rings. The van der Waals surface area contributed by atoms with Crippen molar-refractivity contribution in [2.45, 2.75) is 37.8 Å². The first-order valence-corrected chi connectivity index (χ1v) is 8.94. The summed E-state index contributed by atoms with van der Waals surface area (Å²) in [6.07, 6.45) is 8.16. The maximum absolute atomic E-state index is 12.6. The average molecular weight is 375 g/mol. The minimum Gasteiger partial charge on any atom is -0.346 e. The zero-order valence-electron chi connectivity index (χ0n) is 12.8. The Kier molecular flexibility index (Phi) is 4.03. The van der Waals surface area contributed by atoms with E-state index in [9.17, 15) is 4.79 Å². The molecule has 4 rings (SSSR count). The highest BCUT2D eigenvalue weighted by Gasteiger charge is 2.34. The van der Waals surface area contributed by atoms with Crippen LogP contribution in [0.2, 0.25) is 0 Å². The summed E-state index contributed by atoms with van der Waals surface area (Å²) in [6, 6.07) is 4.27.